The van der Waals surface area contributed by atoms with E-state index in [-0.39, 0.29) is 12.0 Å². The van der Waals surface area contributed by atoms with Crippen molar-refractivity contribution in [3.05, 3.63) is 54.4 Å². The van der Waals surface area contributed by atoms with Crippen molar-refractivity contribution in [1.82, 2.24) is 24.4 Å². The molecule has 0 bridgehead atoms. The molecule has 5 aromatic rings. The fraction of sp³-hybridized carbons (Fsp3) is 0.370. The summed E-state index contributed by atoms with van der Waals surface area (Å²) in [7, 11) is 1.99. The van der Waals surface area contributed by atoms with Crippen LogP contribution in [-0.4, -0.2) is 62.9 Å². The van der Waals surface area contributed by atoms with Gasteiger partial charge >= 0.3 is 0 Å². The number of benzene rings is 1. The van der Waals surface area contributed by atoms with E-state index in [1.54, 1.807) is 11.3 Å². The Morgan fingerprint density at radius 1 is 1.11 bits per heavy atom. The standard InChI is InChI=1S/C27H32N6O3S/c1-27(2,3)22-16-23(31-36-22)28-19-8-6-18(7-9-19)20-17-33-21-10-11-24(30-25(21)37-26(33)29-20)35-15-5-12-32(4)13-14-34/h6-11,16-17,34H,5,12-15H2,1-4H3,(H,28,31). The van der Waals surface area contributed by atoms with E-state index in [4.69, 9.17) is 19.4 Å². The average molecular weight is 521 g/mol. The molecule has 9 nitrogen and oxygen atoms in total. The summed E-state index contributed by atoms with van der Waals surface area (Å²) in [5.41, 5.74) is 3.79. The van der Waals surface area contributed by atoms with Crippen LogP contribution in [0.25, 0.3) is 26.6 Å². The zero-order valence-electron chi connectivity index (χ0n) is 21.6. The normalized spacial score (nSPS) is 12.2. The fourth-order valence-electron chi connectivity index (χ4n) is 3.94. The Bertz CT molecular complexity index is 1480. The molecule has 5 rings (SSSR count). The second kappa shape index (κ2) is 10.5. The van der Waals surface area contributed by atoms with Crippen LogP contribution in [0.2, 0.25) is 0 Å². The molecule has 37 heavy (non-hydrogen) atoms. The highest BCUT2D eigenvalue weighted by molar-refractivity contribution is 7.23. The molecule has 4 aromatic heterocycles. The van der Waals surface area contributed by atoms with Crippen LogP contribution in [0.3, 0.4) is 0 Å². The minimum Gasteiger partial charge on any atom is -0.478 e. The van der Waals surface area contributed by atoms with E-state index in [0.29, 0.717) is 24.8 Å². The molecule has 194 valence electrons. The second-order valence-corrected chi connectivity index (χ2v) is 11.1. The third-order valence-corrected chi connectivity index (χ3v) is 7.02. The van der Waals surface area contributed by atoms with Crippen molar-refractivity contribution < 1.29 is 14.4 Å². The molecule has 0 fully saturated rings. The molecule has 10 heteroatoms. The summed E-state index contributed by atoms with van der Waals surface area (Å²) in [5, 5.41) is 16.4. The number of hydrogen-bond acceptors (Lipinski definition) is 9. The zero-order chi connectivity index (χ0) is 26.0. The van der Waals surface area contributed by atoms with Crippen molar-refractivity contribution in [3.8, 4) is 17.1 Å². The summed E-state index contributed by atoms with van der Waals surface area (Å²) in [5.74, 6) is 2.15. The number of aliphatic hydroxyl groups is 1. The second-order valence-electron chi connectivity index (χ2n) is 10.1. The molecular formula is C27H32N6O3S. The van der Waals surface area contributed by atoms with Gasteiger partial charge in [0.1, 0.15) is 10.6 Å². The number of aromatic nitrogens is 4. The summed E-state index contributed by atoms with van der Waals surface area (Å²) in [6, 6.07) is 14.0. The number of ether oxygens (including phenoxy) is 1. The van der Waals surface area contributed by atoms with Gasteiger partial charge < -0.3 is 24.6 Å². The van der Waals surface area contributed by atoms with Crippen LogP contribution in [0, 0.1) is 0 Å². The van der Waals surface area contributed by atoms with E-state index in [9.17, 15) is 0 Å². The van der Waals surface area contributed by atoms with Crippen molar-refractivity contribution in [2.45, 2.75) is 32.6 Å². The quantitative estimate of drug-likeness (QED) is 0.238. The summed E-state index contributed by atoms with van der Waals surface area (Å²) < 4.78 is 13.4. The Labute approximate surface area is 219 Å². The first-order chi connectivity index (χ1) is 17.8. The van der Waals surface area contributed by atoms with Crippen LogP contribution >= 0.6 is 11.3 Å². The highest BCUT2D eigenvalue weighted by Gasteiger charge is 2.19. The lowest BCUT2D eigenvalue weighted by atomic mass is 9.93. The van der Waals surface area contributed by atoms with Crippen molar-refractivity contribution >= 4 is 38.2 Å². The molecule has 0 aliphatic rings. The summed E-state index contributed by atoms with van der Waals surface area (Å²) in [6.45, 7) is 8.57. The Morgan fingerprint density at radius 2 is 1.92 bits per heavy atom. The Balaban J connectivity index is 1.25. The summed E-state index contributed by atoms with van der Waals surface area (Å²) in [6.07, 6.45) is 2.92. The summed E-state index contributed by atoms with van der Waals surface area (Å²) >= 11 is 1.54. The number of aliphatic hydroxyl groups excluding tert-OH is 1. The van der Waals surface area contributed by atoms with E-state index in [0.717, 1.165) is 51.0 Å². The van der Waals surface area contributed by atoms with E-state index in [2.05, 4.69) is 45.5 Å². The molecule has 0 unspecified atom stereocenters. The summed E-state index contributed by atoms with van der Waals surface area (Å²) in [4.78, 5) is 13.4. The molecule has 1 aromatic carbocycles. The number of rotatable bonds is 10. The maximum atomic E-state index is 8.98. The van der Waals surface area contributed by atoms with Gasteiger partial charge in [-0.05, 0) is 31.7 Å². The highest BCUT2D eigenvalue weighted by atomic mass is 32.1. The highest BCUT2D eigenvalue weighted by Crippen LogP contribution is 2.31. The first kappa shape index (κ1) is 25.2. The Kier molecular flexibility index (Phi) is 7.14. The minimum absolute atomic E-state index is 0.0861. The smallest absolute Gasteiger partial charge is 0.214 e. The molecule has 0 radical (unpaired) electrons. The van der Waals surface area contributed by atoms with Crippen LogP contribution in [0.1, 0.15) is 33.0 Å². The van der Waals surface area contributed by atoms with Gasteiger partial charge in [-0.2, -0.15) is 0 Å². The molecule has 2 N–H and O–H groups in total. The largest absolute Gasteiger partial charge is 0.478 e. The van der Waals surface area contributed by atoms with Gasteiger partial charge in [-0.1, -0.05) is 49.4 Å². The predicted molar refractivity (Wildman–Crippen MR) is 147 cm³/mol. The van der Waals surface area contributed by atoms with Gasteiger partial charge in [0.2, 0.25) is 5.88 Å². The molecule has 0 atom stereocenters. The molecule has 4 heterocycles. The number of hydrogen-bond donors (Lipinski definition) is 2. The van der Waals surface area contributed by atoms with Gasteiger partial charge in [-0.25, -0.2) is 9.97 Å². The number of thiazole rings is 1. The van der Waals surface area contributed by atoms with E-state index in [1.807, 2.05) is 55.7 Å². The number of nitrogens with zero attached hydrogens (tertiary/aromatic N) is 5. The number of pyridine rings is 1. The molecular weight excluding hydrogens is 488 g/mol. The lowest BCUT2D eigenvalue weighted by Gasteiger charge is -2.14. The number of likely N-dealkylation sites (N-methyl/N-ethyl adjacent to an activating group) is 1. The van der Waals surface area contributed by atoms with Gasteiger partial charge in [-0.15, -0.1) is 0 Å². The number of fused-ring (bicyclic) bond motifs is 3. The van der Waals surface area contributed by atoms with Crippen molar-refractivity contribution in [2.75, 3.05) is 38.7 Å². The maximum Gasteiger partial charge on any atom is 0.214 e. The molecule has 0 spiro atoms. The lowest BCUT2D eigenvalue weighted by molar-refractivity contribution is 0.206. The number of anilines is 2. The average Bonchev–Trinajstić information content (AvgIpc) is 3.57. The van der Waals surface area contributed by atoms with Crippen molar-refractivity contribution in [3.63, 3.8) is 0 Å². The van der Waals surface area contributed by atoms with Crippen LogP contribution < -0.4 is 10.1 Å². The van der Waals surface area contributed by atoms with Crippen LogP contribution in [0.15, 0.2) is 53.2 Å². The van der Waals surface area contributed by atoms with Gasteiger partial charge in [0, 0.05) is 48.1 Å². The van der Waals surface area contributed by atoms with Crippen LogP contribution in [0.5, 0.6) is 5.88 Å². The molecule has 0 aliphatic heterocycles. The monoisotopic (exact) mass is 520 g/mol. The Hall–Kier alpha value is -3.47. The zero-order valence-corrected chi connectivity index (χ0v) is 22.4. The third-order valence-electron chi connectivity index (χ3n) is 6.05. The first-order valence-electron chi connectivity index (χ1n) is 12.4. The SMILES string of the molecule is CN(CCO)CCCOc1ccc2c(n1)sc1nc(-c3ccc(Nc4cc(C(C)(C)C)on4)cc3)cn12. The van der Waals surface area contributed by atoms with Gasteiger partial charge in [0.25, 0.3) is 0 Å². The number of nitrogens with one attached hydrogen (secondary N) is 1. The van der Waals surface area contributed by atoms with Crippen LogP contribution in [-0.2, 0) is 5.41 Å². The molecule has 0 amide bonds. The predicted octanol–water partition coefficient (Wildman–Crippen LogP) is 5.33. The third kappa shape index (κ3) is 5.76. The topological polar surface area (TPSA) is 101 Å². The van der Waals surface area contributed by atoms with Gasteiger partial charge in [0.15, 0.2) is 10.8 Å². The molecule has 0 aliphatic carbocycles. The molecule has 0 saturated heterocycles. The van der Waals surface area contributed by atoms with E-state index < -0.39 is 0 Å². The van der Waals surface area contributed by atoms with Crippen molar-refractivity contribution in [2.24, 2.45) is 0 Å². The van der Waals surface area contributed by atoms with E-state index >= 15 is 0 Å². The van der Waals surface area contributed by atoms with E-state index in [1.165, 1.54) is 0 Å². The number of imidazole rings is 1. The Morgan fingerprint density at radius 3 is 2.65 bits per heavy atom. The molecule has 0 saturated carbocycles. The van der Waals surface area contributed by atoms with Crippen molar-refractivity contribution in [1.29, 1.82) is 0 Å². The van der Waals surface area contributed by atoms with Crippen LogP contribution in [0.4, 0.5) is 11.5 Å². The maximum absolute atomic E-state index is 8.98. The lowest BCUT2D eigenvalue weighted by Crippen LogP contribution is -2.24. The van der Waals surface area contributed by atoms with Gasteiger partial charge in [0.05, 0.1) is 24.4 Å². The first-order valence-corrected chi connectivity index (χ1v) is 13.2. The minimum atomic E-state index is -0.0861. The van der Waals surface area contributed by atoms with Gasteiger partial charge in [-0.3, -0.25) is 4.40 Å². The fourth-order valence-corrected chi connectivity index (χ4v) is 4.91.